The van der Waals surface area contributed by atoms with Gasteiger partial charge in [-0.2, -0.15) is 0 Å². The number of carbonyl (C=O) groups is 1. The Labute approximate surface area is 138 Å². The van der Waals surface area contributed by atoms with Gasteiger partial charge in [0, 0.05) is 45.7 Å². The van der Waals surface area contributed by atoms with E-state index in [2.05, 4.69) is 41.0 Å². The van der Waals surface area contributed by atoms with Crippen molar-refractivity contribution in [3.05, 3.63) is 24.3 Å². The molecule has 0 N–H and O–H groups in total. The molecule has 0 saturated carbocycles. The molecule has 2 aliphatic heterocycles. The average molecular weight is 317 g/mol. The molecule has 1 aromatic rings. The van der Waals surface area contributed by atoms with Gasteiger partial charge in [-0.15, -0.1) is 0 Å². The van der Waals surface area contributed by atoms with Crippen molar-refractivity contribution < 1.29 is 9.53 Å². The molecule has 5 heteroatoms. The number of morpholine rings is 1. The van der Waals surface area contributed by atoms with Crippen LogP contribution in [0.5, 0.6) is 0 Å². The first-order valence-corrected chi connectivity index (χ1v) is 8.74. The van der Waals surface area contributed by atoms with E-state index in [1.54, 1.807) is 0 Å². The van der Waals surface area contributed by atoms with E-state index in [1.807, 2.05) is 4.90 Å². The average Bonchev–Trinajstić information content (AvgIpc) is 2.63. The summed E-state index contributed by atoms with van der Waals surface area (Å²) >= 11 is 0. The third-order valence-electron chi connectivity index (χ3n) is 4.67. The zero-order valence-electron chi connectivity index (χ0n) is 14.0. The van der Waals surface area contributed by atoms with E-state index >= 15 is 0 Å². The number of piperazine rings is 1. The number of ether oxygens (including phenoxy) is 1. The molecule has 126 valence electrons. The van der Waals surface area contributed by atoms with Crippen molar-refractivity contribution in [2.75, 3.05) is 62.3 Å². The number of anilines is 2. The zero-order valence-corrected chi connectivity index (χ0v) is 14.0. The maximum absolute atomic E-state index is 12.0. The van der Waals surface area contributed by atoms with Crippen LogP contribution in [0, 0.1) is 0 Å². The Bertz CT molecular complexity index is 521. The number of para-hydroxylation sites is 2. The van der Waals surface area contributed by atoms with Crippen molar-refractivity contribution in [1.82, 2.24) is 4.90 Å². The minimum Gasteiger partial charge on any atom is -0.378 e. The number of rotatable bonds is 4. The van der Waals surface area contributed by atoms with E-state index in [4.69, 9.17) is 4.74 Å². The Kier molecular flexibility index (Phi) is 5.39. The van der Waals surface area contributed by atoms with E-state index in [1.165, 1.54) is 11.4 Å². The first kappa shape index (κ1) is 16.1. The maximum Gasteiger partial charge on any atom is 0.222 e. The largest absolute Gasteiger partial charge is 0.378 e. The predicted molar refractivity (Wildman–Crippen MR) is 93.2 cm³/mol. The lowest BCUT2D eigenvalue weighted by Crippen LogP contribution is -2.49. The summed E-state index contributed by atoms with van der Waals surface area (Å²) in [6.45, 7) is 9.05. The molecule has 1 aromatic carbocycles. The molecule has 23 heavy (non-hydrogen) atoms. The summed E-state index contributed by atoms with van der Waals surface area (Å²) in [6.07, 6.45) is 1.60. The highest BCUT2D eigenvalue weighted by Crippen LogP contribution is 2.30. The second-order valence-electron chi connectivity index (χ2n) is 6.21. The molecule has 0 radical (unpaired) electrons. The zero-order chi connectivity index (χ0) is 16.1. The van der Waals surface area contributed by atoms with Gasteiger partial charge in [0.15, 0.2) is 0 Å². The molecule has 0 spiro atoms. The van der Waals surface area contributed by atoms with Crippen molar-refractivity contribution in [2.24, 2.45) is 0 Å². The van der Waals surface area contributed by atoms with Crippen LogP contribution in [0.3, 0.4) is 0 Å². The molecule has 0 atom stereocenters. The molecule has 2 heterocycles. The van der Waals surface area contributed by atoms with Gasteiger partial charge in [0.25, 0.3) is 0 Å². The topological polar surface area (TPSA) is 36.0 Å². The fourth-order valence-corrected chi connectivity index (χ4v) is 3.37. The monoisotopic (exact) mass is 317 g/mol. The second-order valence-corrected chi connectivity index (χ2v) is 6.21. The van der Waals surface area contributed by atoms with Crippen molar-refractivity contribution in [3.63, 3.8) is 0 Å². The van der Waals surface area contributed by atoms with E-state index in [0.717, 1.165) is 58.9 Å². The fraction of sp³-hybridized carbons (Fsp3) is 0.611. The minimum atomic E-state index is 0.300. The van der Waals surface area contributed by atoms with Gasteiger partial charge in [-0.25, -0.2) is 0 Å². The third-order valence-corrected chi connectivity index (χ3v) is 4.67. The van der Waals surface area contributed by atoms with Crippen LogP contribution in [0.2, 0.25) is 0 Å². The van der Waals surface area contributed by atoms with Gasteiger partial charge in [0.1, 0.15) is 0 Å². The first-order chi connectivity index (χ1) is 11.3. The number of carbonyl (C=O) groups excluding carboxylic acids is 1. The van der Waals surface area contributed by atoms with Gasteiger partial charge in [0.2, 0.25) is 5.91 Å². The third kappa shape index (κ3) is 3.78. The standard InChI is InChI=1S/C18H27N3O2/c1-2-5-18(22)21-10-8-19(9-11-21)16-6-3-4-7-17(16)20-12-14-23-15-13-20/h3-4,6-7H,2,5,8-15H2,1H3. The van der Waals surface area contributed by atoms with Gasteiger partial charge in [-0.1, -0.05) is 19.1 Å². The van der Waals surface area contributed by atoms with Gasteiger partial charge in [-0.05, 0) is 18.6 Å². The lowest BCUT2D eigenvalue weighted by molar-refractivity contribution is -0.131. The SMILES string of the molecule is CCCC(=O)N1CCN(c2ccccc2N2CCOCC2)CC1. The van der Waals surface area contributed by atoms with Crippen LogP contribution in [0.4, 0.5) is 11.4 Å². The second kappa shape index (κ2) is 7.68. The fourth-order valence-electron chi connectivity index (χ4n) is 3.37. The summed E-state index contributed by atoms with van der Waals surface area (Å²) in [4.78, 5) is 18.9. The molecular formula is C18H27N3O2. The Morgan fingerprint density at radius 2 is 1.52 bits per heavy atom. The lowest BCUT2D eigenvalue weighted by atomic mass is 10.1. The molecule has 2 saturated heterocycles. The number of hydrogen-bond donors (Lipinski definition) is 0. The van der Waals surface area contributed by atoms with Crippen LogP contribution in [0.25, 0.3) is 0 Å². The minimum absolute atomic E-state index is 0.300. The summed E-state index contributed by atoms with van der Waals surface area (Å²) in [5.74, 6) is 0.300. The van der Waals surface area contributed by atoms with Gasteiger partial charge in [-0.3, -0.25) is 4.79 Å². The van der Waals surface area contributed by atoms with Crippen LogP contribution in [0.1, 0.15) is 19.8 Å². The van der Waals surface area contributed by atoms with Gasteiger partial charge < -0.3 is 19.4 Å². The quantitative estimate of drug-likeness (QED) is 0.851. The molecule has 5 nitrogen and oxygen atoms in total. The van der Waals surface area contributed by atoms with Crippen molar-refractivity contribution >= 4 is 17.3 Å². The predicted octanol–water partition coefficient (Wildman–Crippen LogP) is 1.97. The highest BCUT2D eigenvalue weighted by atomic mass is 16.5. The number of nitrogens with zero attached hydrogens (tertiary/aromatic N) is 3. The van der Waals surface area contributed by atoms with Crippen LogP contribution < -0.4 is 9.80 Å². The molecule has 0 aromatic heterocycles. The molecular weight excluding hydrogens is 290 g/mol. The van der Waals surface area contributed by atoms with E-state index in [9.17, 15) is 4.79 Å². The Hall–Kier alpha value is -1.75. The van der Waals surface area contributed by atoms with Crippen molar-refractivity contribution in [1.29, 1.82) is 0 Å². The summed E-state index contributed by atoms with van der Waals surface area (Å²) in [7, 11) is 0. The lowest BCUT2D eigenvalue weighted by Gasteiger charge is -2.39. The van der Waals surface area contributed by atoms with E-state index in [0.29, 0.717) is 12.3 Å². The highest BCUT2D eigenvalue weighted by Gasteiger charge is 2.23. The van der Waals surface area contributed by atoms with E-state index in [-0.39, 0.29) is 0 Å². The number of hydrogen-bond acceptors (Lipinski definition) is 4. The summed E-state index contributed by atoms with van der Waals surface area (Å²) in [5, 5.41) is 0. The molecule has 2 fully saturated rings. The molecule has 0 aliphatic carbocycles. The van der Waals surface area contributed by atoms with Crippen molar-refractivity contribution in [2.45, 2.75) is 19.8 Å². The molecule has 3 rings (SSSR count). The smallest absolute Gasteiger partial charge is 0.222 e. The number of amides is 1. The van der Waals surface area contributed by atoms with Crippen LogP contribution in [0.15, 0.2) is 24.3 Å². The summed E-state index contributed by atoms with van der Waals surface area (Å²) < 4.78 is 5.47. The Morgan fingerprint density at radius 1 is 0.957 bits per heavy atom. The molecule has 1 amide bonds. The number of benzene rings is 1. The highest BCUT2D eigenvalue weighted by molar-refractivity contribution is 5.77. The summed E-state index contributed by atoms with van der Waals surface area (Å²) in [5.41, 5.74) is 2.58. The molecule has 0 bridgehead atoms. The normalized spacial score (nSPS) is 19.1. The maximum atomic E-state index is 12.0. The van der Waals surface area contributed by atoms with Crippen LogP contribution in [-0.4, -0.2) is 63.3 Å². The Balaban J connectivity index is 1.67. The first-order valence-electron chi connectivity index (χ1n) is 8.74. The van der Waals surface area contributed by atoms with Crippen molar-refractivity contribution in [3.8, 4) is 0 Å². The van der Waals surface area contributed by atoms with Crippen LogP contribution in [-0.2, 0) is 9.53 Å². The van der Waals surface area contributed by atoms with Gasteiger partial charge >= 0.3 is 0 Å². The molecule has 0 unspecified atom stereocenters. The molecule has 2 aliphatic rings. The van der Waals surface area contributed by atoms with Gasteiger partial charge in [0.05, 0.1) is 24.6 Å². The Morgan fingerprint density at radius 3 is 2.09 bits per heavy atom. The summed E-state index contributed by atoms with van der Waals surface area (Å²) in [6, 6.07) is 8.62. The van der Waals surface area contributed by atoms with E-state index < -0.39 is 0 Å². The van der Waals surface area contributed by atoms with Crippen LogP contribution >= 0.6 is 0 Å².